The standard InChI is InChI=1S/C33H44O7/c1-8-10-19-13-18(11-9-12-32(5,6)7)21-14-20-15-22-23(16(2)3)28(36)24(17(4)34)30(38)33(22,40)31(39)25(20)29(37)26(21)27(19)35/h13,16,20,22-23,35,37-38,40H,8-12,14-15H2,1-7H3/t20?,22?,23?,33-/m0/s1. The number of allylic oxidation sites excluding steroid dienone is 1. The normalized spacial score (nSPS) is 26.7. The molecule has 0 spiro atoms. The summed E-state index contributed by atoms with van der Waals surface area (Å²) in [4.78, 5) is 39.9. The monoisotopic (exact) mass is 552 g/mol. The largest absolute Gasteiger partial charge is 0.508 e. The Morgan fingerprint density at radius 3 is 2.30 bits per heavy atom. The highest BCUT2D eigenvalue weighted by atomic mass is 16.3. The zero-order chi connectivity index (χ0) is 29.9. The molecule has 0 heterocycles. The van der Waals surface area contributed by atoms with E-state index < -0.39 is 52.0 Å². The van der Waals surface area contributed by atoms with Crippen LogP contribution in [0.15, 0.2) is 23.0 Å². The van der Waals surface area contributed by atoms with Crippen molar-refractivity contribution >= 4 is 23.1 Å². The number of fused-ring (bicyclic) bond motifs is 3. The fourth-order valence-electron chi connectivity index (χ4n) is 7.29. The lowest BCUT2D eigenvalue weighted by Gasteiger charge is -2.50. The van der Waals surface area contributed by atoms with Crippen LogP contribution in [0.25, 0.3) is 5.76 Å². The fraction of sp³-hybridized carbons (Fsp3) is 0.606. The number of Topliss-reactive ketones (excluding diaryl/α,β-unsaturated/α-hetero) is 3. The molecule has 0 amide bonds. The van der Waals surface area contributed by atoms with E-state index in [2.05, 4.69) is 20.8 Å². The Morgan fingerprint density at radius 1 is 1.10 bits per heavy atom. The number of aliphatic hydroxyl groups excluding tert-OH is 2. The predicted octanol–water partition coefficient (Wildman–Crippen LogP) is 5.73. The highest BCUT2D eigenvalue weighted by Gasteiger charge is 2.63. The number of hydrogen-bond donors (Lipinski definition) is 4. The van der Waals surface area contributed by atoms with Gasteiger partial charge in [0, 0.05) is 17.4 Å². The zero-order valence-electron chi connectivity index (χ0n) is 24.9. The molecular weight excluding hydrogens is 508 g/mol. The number of benzene rings is 1. The van der Waals surface area contributed by atoms with Gasteiger partial charge in [0.1, 0.15) is 22.8 Å². The first-order valence-electron chi connectivity index (χ1n) is 14.6. The number of rotatable bonds is 7. The second-order valence-corrected chi connectivity index (χ2v) is 13.6. The molecule has 0 aromatic heterocycles. The molecule has 4 atom stereocenters. The molecule has 1 aromatic carbocycles. The molecule has 40 heavy (non-hydrogen) atoms. The van der Waals surface area contributed by atoms with Gasteiger partial charge >= 0.3 is 0 Å². The van der Waals surface area contributed by atoms with E-state index in [1.165, 1.54) is 0 Å². The second kappa shape index (κ2) is 10.5. The first kappa shape index (κ1) is 30.0. The molecule has 7 heteroatoms. The lowest BCUT2D eigenvalue weighted by atomic mass is 9.54. The van der Waals surface area contributed by atoms with Crippen molar-refractivity contribution in [3.63, 3.8) is 0 Å². The summed E-state index contributed by atoms with van der Waals surface area (Å²) >= 11 is 0. The van der Waals surface area contributed by atoms with E-state index in [-0.39, 0.29) is 40.4 Å². The molecule has 4 N–H and O–H groups in total. The average molecular weight is 553 g/mol. The molecule has 1 saturated carbocycles. The van der Waals surface area contributed by atoms with E-state index in [0.29, 0.717) is 18.4 Å². The van der Waals surface area contributed by atoms with Crippen LogP contribution in [0.5, 0.6) is 5.75 Å². The molecule has 1 fully saturated rings. The van der Waals surface area contributed by atoms with Crippen molar-refractivity contribution in [2.24, 2.45) is 29.1 Å². The highest BCUT2D eigenvalue weighted by Crippen LogP contribution is 2.55. The van der Waals surface area contributed by atoms with E-state index in [1.807, 2.05) is 13.0 Å². The molecule has 1 aromatic rings. The molecule has 0 saturated heterocycles. The Morgan fingerprint density at radius 2 is 1.75 bits per heavy atom. The number of aliphatic hydroxyl groups is 3. The van der Waals surface area contributed by atoms with Crippen LogP contribution in [-0.4, -0.2) is 43.4 Å². The Hall–Kier alpha value is -2.93. The first-order valence-corrected chi connectivity index (χ1v) is 14.6. The average Bonchev–Trinajstić information content (AvgIpc) is 2.83. The van der Waals surface area contributed by atoms with Gasteiger partial charge in [-0.2, -0.15) is 0 Å². The SMILES string of the molecule is CCCc1cc(CCCC(C)(C)C)c2c(c1O)C(O)=C1C(=O)[C@@]3(O)C(O)=C(C(C)=O)C(=O)C(C(C)C)C3CC1C2. The third-order valence-corrected chi connectivity index (χ3v) is 9.14. The van der Waals surface area contributed by atoms with Gasteiger partial charge in [0.2, 0.25) is 5.78 Å². The maximum atomic E-state index is 14.1. The van der Waals surface area contributed by atoms with Crippen LogP contribution in [0.3, 0.4) is 0 Å². The first-order chi connectivity index (χ1) is 18.6. The quantitative estimate of drug-likeness (QED) is 0.318. The van der Waals surface area contributed by atoms with Gasteiger partial charge in [-0.1, -0.05) is 54.0 Å². The minimum Gasteiger partial charge on any atom is -0.508 e. The number of phenols is 1. The zero-order valence-corrected chi connectivity index (χ0v) is 24.9. The van der Waals surface area contributed by atoms with Gasteiger partial charge in [0.05, 0.1) is 5.56 Å². The number of hydrogen-bond acceptors (Lipinski definition) is 7. The summed E-state index contributed by atoms with van der Waals surface area (Å²) in [6, 6.07) is 2.02. The van der Waals surface area contributed by atoms with Crippen LogP contribution in [0.2, 0.25) is 0 Å². The molecule has 218 valence electrons. The van der Waals surface area contributed by atoms with Crippen molar-refractivity contribution in [1.82, 2.24) is 0 Å². The summed E-state index contributed by atoms with van der Waals surface area (Å²) in [5, 5.41) is 45.9. The lowest BCUT2D eigenvalue weighted by molar-refractivity contribution is -0.155. The highest BCUT2D eigenvalue weighted by molar-refractivity contribution is 6.24. The van der Waals surface area contributed by atoms with Gasteiger partial charge in [-0.05, 0) is 79.4 Å². The Labute approximate surface area is 237 Å². The van der Waals surface area contributed by atoms with E-state index >= 15 is 0 Å². The summed E-state index contributed by atoms with van der Waals surface area (Å²) in [7, 11) is 0. The Bertz CT molecular complexity index is 1320. The van der Waals surface area contributed by atoms with Crippen molar-refractivity contribution in [3.8, 4) is 5.75 Å². The number of ketones is 3. The van der Waals surface area contributed by atoms with Crippen molar-refractivity contribution in [1.29, 1.82) is 0 Å². The van der Waals surface area contributed by atoms with Gasteiger partial charge in [0.15, 0.2) is 17.2 Å². The van der Waals surface area contributed by atoms with Crippen molar-refractivity contribution in [2.45, 2.75) is 99.0 Å². The minimum absolute atomic E-state index is 0.0536. The lowest BCUT2D eigenvalue weighted by Crippen LogP contribution is -2.61. The molecule has 3 unspecified atom stereocenters. The van der Waals surface area contributed by atoms with E-state index in [0.717, 1.165) is 43.7 Å². The van der Waals surface area contributed by atoms with Crippen LogP contribution >= 0.6 is 0 Å². The van der Waals surface area contributed by atoms with Gasteiger partial charge in [0.25, 0.3) is 0 Å². The van der Waals surface area contributed by atoms with Gasteiger partial charge in [-0.15, -0.1) is 0 Å². The molecule has 3 aliphatic rings. The summed E-state index contributed by atoms with van der Waals surface area (Å²) in [6.45, 7) is 13.3. The summed E-state index contributed by atoms with van der Waals surface area (Å²) in [6.07, 6.45) is 4.59. The third-order valence-electron chi connectivity index (χ3n) is 9.14. The van der Waals surface area contributed by atoms with Crippen LogP contribution in [0.1, 0.15) is 96.4 Å². The van der Waals surface area contributed by atoms with Gasteiger partial charge < -0.3 is 20.4 Å². The van der Waals surface area contributed by atoms with Gasteiger partial charge in [-0.3, -0.25) is 14.4 Å². The van der Waals surface area contributed by atoms with Crippen LogP contribution in [0, 0.1) is 29.1 Å². The van der Waals surface area contributed by atoms with Crippen molar-refractivity contribution in [2.75, 3.05) is 0 Å². The number of aromatic hydroxyl groups is 1. The van der Waals surface area contributed by atoms with Crippen LogP contribution in [0.4, 0.5) is 0 Å². The topological polar surface area (TPSA) is 132 Å². The van der Waals surface area contributed by atoms with Crippen LogP contribution < -0.4 is 0 Å². The molecular formula is C33H44O7. The van der Waals surface area contributed by atoms with E-state index in [1.54, 1.807) is 13.8 Å². The second-order valence-electron chi connectivity index (χ2n) is 13.6. The minimum atomic E-state index is -2.51. The van der Waals surface area contributed by atoms with E-state index in [4.69, 9.17) is 0 Å². The summed E-state index contributed by atoms with van der Waals surface area (Å²) in [5.41, 5.74) is -0.205. The molecule has 3 aliphatic carbocycles. The number of aryl methyl sites for hydroxylation is 2. The molecule has 0 bridgehead atoms. The third kappa shape index (κ3) is 4.70. The maximum Gasteiger partial charge on any atom is 0.202 e. The van der Waals surface area contributed by atoms with Gasteiger partial charge in [-0.25, -0.2) is 0 Å². The molecule has 4 rings (SSSR count). The summed E-state index contributed by atoms with van der Waals surface area (Å²) < 4.78 is 0. The fourth-order valence-corrected chi connectivity index (χ4v) is 7.29. The summed E-state index contributed by atoms with van der Waals surface area (Å²) in [5.74, 6) is -6.16. The molecule has 0 aliphatic heterocycles. The van der Waals surface area contributed by atoms with Crippen molar-refractivity contribution < 1.29 is 34.8 Å². The number of carbonyl (C=O) groups is 3. The van der Waals surface area contributed by atoms with Crippen molar-refractivity contribution in [3.05, 3.63) is 45.2 Å². The molecule has 7 nitrogen and oxygen atoms in total. The maximum absolute atomic E-state index is 14.1. The Balaban J connectivity index is 1.91. The predicted molar refractivity (Wildman–Crippen MR) is 153 cm³/mol. The van der Waals surface area contributed by atoms with E-state index in [9.17, 15) is 34.8 Å². The number of carbonyl (C=O) groups excluding carboxylic acids is 3. The smallest absolute Gasteiger partial charge is 0.202 e. The van der Waals surface area contributed by atoms with Crippen LogP contribution in [-0.2, 0) is 33.6 Å². The Kier molecular flexibility index (Phi) is 7.87. The number of phenolic OH excluding ortho intramolecular Hbond substituents is 1. The molecule has 0 radical (unpaired) electrons.